The van der Waals surface area contributed by atoms with Gasteiger partial charge in [0.15, 0.2) is 0 Å². The van der Waals surface area contributed by atoms with Crippen LogP contribution in [0, 0.1) is 12.8 Å². The molecule has 1 amide bonds. The van der Waals surface area contributed by atoms with Crippen LogP contribution < -0.4 is 5.32 Å². The van der Waals surface area contributed by atoms with E-state index in [9.17, 15) is 4.79 Å². The van der Waals surface area contributed by atoms with E-state index in [1.54, 1.807) is 11.3 Å². The first-order valence-corrected chi connectivity index (χ1v) is 7.90. The van der Waals surface area contributed by atoms with Gasteiger partial charge in [-0.25, -0.2) is 4.98 Å². The zero-order chi connectivity index (χ0) is 13.8. The fraction of sp³-hybridized carbons (Fsp3) is 0.714. The van der Waals surface area contributed by atoms with Crippen molar-refractivity contribution in [2.75, 3.05) is 13.1 Å². The quantitative estimate of drug-likeness (QED) is 0.920. The van der Waals surface area contributed by atoms with Gasteiger partial charge in [0.25, 0.3) is 0 Å². The molecule has 0 unspecified atom stereocenters. The van der Waals surface area contributed by atoms with Crippen LogP contribution in [0.1, 0.15) is 37.3 Å². The van der Waals surface area contributed by atoms with E-state index in [4.69, 9.17) is 0 Å². The molecule has 0 aromatic carbocycles. The zero-order valence-electron chi connectivity index (χ0n) is 12.0. The van der Waals surface area contributed by atoms with Gasteiger partial charge < -0.3 is 10.2 Å². The molecule has 0 aliphatic carbocycles. The van der Waals surface area contributed by atoms with Crippen LogP contribution in [0.15, 0.2) is 5.51 Å². The van der Waals surface area contributed by atoms with E-state index in [1.165, 1.54) is 4.88 Å². The summed E-state index contributed by atoms with van der Waals surface area (Å²) in [5.41, 5.74) is 3.03. The monoisotopic (exact) mass is 281 g/mol. The van der Waals surface area contributed by atoms with Crippen molar-refractivity contribution in [1.29, 1.82) is 0 Å². The summed E-state index contributed by atoms with van der Waals surface area (Å²) >= 11 is 1.71. The number of aryl methyl sites for hydroxylation is 1. The van der Waals surface area contributed by atoms with Crippen LogP contribution in [0.5, 0.6) is 0 Å². The third-order valence-electron chi connectivity index (χ3n) is 3.93. The predicted octanol–water partition coefficient (Wildman–Crippen LogP) is 2.19. The molecule has 0 radical (unpaired) electrons. The largest absolute Gasteiger partial charge is 0.342 e. The molecular formula is C14H23N3OS. The highest BCUT2D eigenvalue weighted by Gasteiger charge is 2.27. The molecule has 0 spiro atoms. The summed E-state index contributed by atoms with van der Waals surface area (Å²) in [6, 6.07) is 0.502. The molecule has 106 valence electrons. The summed E-state index contributed by atoms with van der Waals surface area (Å²) in [5, 5.41) is 3.62. The Bertz CT molecular complexity index is 432. The maximum atomic E-state index is 11.7. The number of rotatable bonds is 4. The number of nitrogens with zero attached hydrogens (tertiary/aromatic N) is 2. The molecule has 2 rings (SSSR count). The Morgan fingerprint density at radius 3 is 3.00 bits per heavy atom. The normalized spacial score (nSPS) is 23.6. The summed E-state index contributed by atoms with van der Waals surface area (Å²) in [7, 11) is 0. The Morgan fingerprint density at radius 2 is 2.42 bits per heavy atom. The molecule has 0 saturated carbocycles. The average Bonchev–Trinajstić information content (AvgIpc) is 2.82. The van der Waals surface area contributed by atoms with Crippen molar-refractivity contribution in [2.45, 2.75) is 46.2 Å². The molecular weight excluding hydrogens is 258 g/mol. The van der Waals surface area contributed by atoms with E-state index >= 15 is 0 Å². The molecule has 4 nitrogen and oxygen atoms in total. The number of hydrogen-bond donors (Lipinski definition) is 1. The SMILES string of the molecule is CCC(=O)N1CC[C@H](NCc2scnc2C)[C@@H](C)C1. The van der Waals surface area contributed by atoms with Gasteiger partial charge in [-0.2, -0.15) is 0 Å². The van der Waals surface area contributed by atoms with Crippen LogP contribution in [-0.4, -0.2) is 34.9 Å². The Morgan fingerprint density at radius 1 is 1.63 bits per heavy atom. The lowest BCUT2D eigenvalue weighted by Crippen LogP contribution is -2.49. The molecule has 2 atom stereocenters. The molecule has 1 aromatic rings. The van der Waals surface area contributed by atoms with Crippen molar-refractivity contribution in [3.63, 3.8) is 0 Å². The second-order valence-electron chi connectivity index (χ2n) is 5.31. The maximum Gasteiger partial charge on any atom is 0.222 e. The summed E-state index contributed by atoms with van der Waals surface area (Å²) in [6.45, 7) is 8.88. The number of hydrogen-bond acceptors (Lipinski definition) is 4. The highest BCUT2D eigenvalue weighted by Crippen LogP contribution is 2.19. The summed E-state index contributed by atoms with van der Waals surface area (Å²) in [5.74, 6) is 0.793. The van der Waals surface area contributed by atoms with E-state index in [0.717, 1.165) is 31.7 Å². The molecule has 1 saturated heterocycles. The number of carbonyl (C=O) groups is 1. The molecule has 1 aliphatic rings. The molecule has 19 heavy (non-hydrogen) atoms. The second-order valence-corrected chi connectivity index (χ2v) is 6.25. The number of aromatic nitrogens is 1. The van der Waals surface area contributed by atoms with Crippen molar-refractivity contribution in [2.24, 2.45) is 5.92 Å². The van der Waals surface area contributed by atoms with E-state index in [2.05, 4.69) is 24.1 Å². The molecule has 1 fully saturated rings. The third-order valence-corrected chi connectivity index (χ3v) is 4.87. The minimum absolute atomic E-state index is 0.281. The van der Waals surface area contributed by atoms with Crippen molar-refractivity contribution in [3.05, 3.63) is 16.1 Å². The van der Waals surface area contributed by atoms with Crippen LogP contribution in [0.3, 0.4) is 0 Å². The van der Waals surface area contributed by atoms with Gasteiger partial charge in [0.1, 0.15) is 0 Å². The fourth-order valence-electron chi connectivity index (χ4n) is 2.62. The van der Waals surface area contributed by atoms with Crippen LogP contribution in [-0.2, 0) is 11.3 Å². The van der Waals surface area contributed by atoms with E-state index < -0.39 is 0 Å². The average molecular weight is 281 g/mol. The van der Waals surface area contributed by atoms with Gasteiger partial charge in [-0.3, -0.25) is 4.79 Å². The minimum atomic E-state index is 0.281. The summed E-state index contributed by atoms with van der Waals surface area (Å²) in [4.78, 5) is 19.3. The minimum Gasteiger partial charge on any atom is -0.342 e. The van der Waals surface area contributed by atoms with Gasteiger partial charge in [-0.15, -0.1) is 11.3 Å². The van der Waals surface area contributed by atoms with Crippen molar-refractivity contribution >= 4 is 17.2 Å². The number of nitrogens with one attached hydrogen (secondary N) is 1. The summed E-state index contributed by atoms with van der Waals surface area (Å²) in [6.07, 6.45) is 1.66. The number of carbonyl (C=O) groups excluding carboxylic acids is 1. The zero-order valence-corrected chi connectivity index (χ0v) is 12.8. The molecule has 1 aromatic heterocycles. The maximum absolute atomic E-state index is 11.7. The number of thiazole rings is 1. The topological polar surface area (TPSA) is 45.2 Å². The van der Waals surface area contributed by atoms with Gasteiger partial charge in [0.2, 0.25) is 5.91 Å². The Hall–Kier alpha value is -0.940. The van der Waals surface area contributed by atoms with Crippen molar-refractivity contribution in [1.82, 2.24) is 15.2 Å². The Labute approximate surface area is 119 Å². The number of piperidine rings is 1. The lowest BCUT2D eigenvalue weighted by molar-refractivity contribution is -0.132. The third kappa shape index (κ3) is 3.54. The lowest BCUT2D eigenvalue weighted by atomic mass is 9.93. The van der Waals surface area contributed by atoms with Crippen molar-refractivity contribution < 1.29 is 4.79 Å². The fourth-order valence-corrected chi connectivity index (χ4v) is 3.35. The van der Waals surface area contributed by atoms with Gasteiger partial charge in [0.05, 0.1) is 11.2 Å². The van der Waals surface area contributed by atoms with Crippen LogP contribution in [0.4, 0.5) is 0 Å². The first-order chi connectivity index (χ1) is 9.11. The summed E-state index contributed by atoms with van der Waals surface area (Å²) < 4.78 is 0. The molecule has 2 heterocycles. The van der Waals surface area contributed by atoms with Gasteiger partial charge in [-0.05, 0) is 19.3 Å². The molecule has 1 N–H and O–H groups in total. The van der Waals surface area contributed by atoms with Gasteiger partial charge in [-0.1, -0.05) is 13.8 Å². The highest BCUT2D eigenvalue weighted by molar-refractivity contribution is 7.09. The molecule has 5 heteroatoms. The van der Waals surface area contributed by atoms with Gasteiger partial charge >= 0.3 is 0 Å². The van der Waals surface area contributed by atoms with E-state index in [0.29, 0.717) is 18.4 Å². The van der Waals surface area contributed by atoms with Crippen LogP contribution in [0.2, 0.25) is 0 Å². The van der Waals surface area contributed by atoms with Gasteiger partial charge in [0, 0.05) is 37.0 Å². The smallest absolute Gasteiger partial charge is 0.222 e. The first-order valence-electron chi connectivity index (χ1n) is 7.02. The predicted molar refractivity (Wildman–Crippen MR) is 78.1 cm³/mol. The molecule has 0 bridgehead atoms. The number of likely N-dealkylation sites (tertiary alicyclic amines) is 1. The number of amides is 1. The highest BCUT2D eigenvalue weighted by atomic mass is 32.1. The van der Waals surface area contributed by atoms with Crippen LogP contribution in [0.25, 0.3) is 0 Å². The Balaban J connectivity index is 1.83. The lowest BCUT2D eigenvalue weighted by Gasteiger charge is -2.37. The second kappa shape index (κ2) is 6.48. The van der Waals surface area contributed by atoms with E-state index in [1.807, 2.05) is 17.3 Å². The molecule has 1 aliphatic heterocycles. The van der Waals surface area contributed by atoms with Crippen molar-refractivity contribution in [3.8, 4) is 0 Å². The Kier molecular flexibility index (Phi) is 4.93. The standard InChI is InChI=1S/C14H23N3OS/c1-4-14(18)17-6-5-12(10(2)8-17)15-7-13-11(3)16-9-19-13/h9-10,12,15H,4-8H2,1-3H3/t10-,12-/m0/s1. The van der Waals surface area contributed by atoms with E-state index in [-0.39, 0.29) is 5.91 Å². The van der Waals surface area contributed by atoms with Crippen LogP contribution >= 0.6 is 11.3 Å². The first kappa shape index (κ1) is 14.5.